The van der Waals surface area contributed by atoms with Gasteiger partial charge in [-0.2, -0.15) is 0 Å². The van der Waals surface area contributed by atoms with E-state index in [0.717, 1.165) is 11.4 Å². The van der Waals surface area contributed by atoms with Gasteiger partial charge in [-0.25, -0.2) is 0 Å². The van der Waals surface area contributed by atoms with Gasteiger partial charge in [-0.15, -0.1) is 0 Å². The highest BCUT2D eigenvalue weighted by Gasteiger charge is 2.49. The molecule has 0 radical (unpaired) electrons. The Balaban J connectivity index is 2.03. The lowest BCUT2D eigenvalue weighted by molar-refractivity contribution is -0.118. The summed E-state index contributed by atoms with van der Waals surface area (Å²) in [5.41, 5.74) is 5.86. The van der Waals surface area contributed by atoms with Gasteiger partial charge in [0.05, 0.1) is 18.3 Å². The second kappa shape index (κ2) is 4.34. The van der Waals surface area contributed by atoms with Gasteiger partial charge in [-0.3, -0.25) is 4.79 Å². The lowest BCUT2D eigenvalue weighted by Gasteiger charge is -2.43. The Morgan fingerprint density at radius 2 is 2.20 bits per heavy atom. The minimum Gasteiger partial charge on any atom is -0.483 e. The van der Waals surface area contributed by atoms with Crippen LogP contribution in [0.5, 0.6) is 5.75 Å². The quantitative estimate of drug-likeness (QED) is 0.828. The van der Waals surface area contributed by atoms with Crippen molar-refractivity contribution in [3.05, 3.63) is 24.3 Å². The predicted molar refractivity (Wildman–Crippen MR) is 80.8 cm³/mol. The molecule has 1 atom stereocenters. The third kappa shape index (κ3) is 1.91. The molecule has 1 aromatic carbocycles. The highest BCUT2D eigenvalue weighted by molar-refractivity contribution is 7.80. The van der Waals surface area contributed by atoms with Crippen molar-refractivity contribution in [2.24, 2.45) is 5.73 Å². The van der Waals surface area contributed by atoms with Gasteiger partial charge in [-0.1, -0.05) is 12.1 Å². The number of benzene rings is 1. The number of hydrogen-bond acceptors (Lipinski definition) is 3. The fraction of sp³-hybridized carbons (Fsp3) is 0.429. The zero-order valence-electron chi connectivity index (χ0n) is 11.5. The van der Waals surface area contributed by atoms with Gasteiger partial charge in [0.15, 0.2) is 5.11 Å². The normalized spacial score (nSPS) is 23.1. The first kappa shape index (κ1) is 13.2. The van der Waals surface area contributed by atoms with Crippen molar-refractivity contribution in [1.82, 2.24) is 4.90 Å². The molecule has 0 aliphatic carbocycles. The summed E-state index contributed by atoms with van der Waals surface area (Å²) in [6.45, 7) is 4.86. The van der Waals surface area contributed by atoms with Crippen molar-refractivity contribution in [2.45, 2.75) is 25.5 Å². The fourth-order valence-electron chi connectivity index (χ4n) is 2.87. The van der Waals surface area contributed by atoms with Crippen LogP contribution in [0.4, 0.5) is 5.69 Å². The average Bonchev–Trinajstić information content (AvgIpc) is 2.67. The number of hydrogen-bond donors (Lipinski definition) is 1. The molecule has 2 aliphatic heterocycles. The summed E-state index contributed by atoms with van der Waals surface area (Å²) in [6.07, 6.45) is 0. The van der Waals surface area contributed by atoms with E-state index in [2.05, 4.69) is 4.90 Å². The van der Waals surface area contributed by atoms with Gasteiger partial charge in [0, 0.05) is 6.54 Å². The Kier molecular flexibility index (Phi) is 2.86. The van der Waals surface area contributed by atoms with Crippen LogP contribution in [-0.2, 0) is 4.79 Å². The Morgan fingerprint density at radius 1 is 1.50 bits per heavy atom. The maximum atomic E-state index is 11.2. The molecular weight excluding hydrogens is 274 g/mol. The third-order valence-corrected chi connectivity index (χ3v) is 4.28. The first-order valence-electron chi connectivity index (χ1n) is 6.54. The molecule has 0 saturated carbocycles. The summed E-state index contributed by atoms with van der Waals surface area (Å²) in [7, 11) is 0. The largest absolute Gasteiger partial charge is 0.483 e. The van der Waals surface area contributed by atoms with Crippen LogP contribution < -0.4 is 15.4 Å². The zero-order valence-corrected chi connectivity index (χ0v) is 12.3. The maximum absolute atomic E-state index is 11.2. The number of carbonyl (C=O) groups excluding carboxylic acids is 1. The lowest BCUT2D eigenvalue weighted by Crippen LogP contribution is -2.55. The number of rotatable bonds is 2. The summed E-state index contributed by atoms with van der Waals surface area (Å²) < 4.78 is 6.09. The van der Waals surface area contributed by atoms with Crippen molar-refractivity contribution in [3.63, 3.8) is 0 Å². The van der Waals surface area contributed by atoms with Crippen molar-refractivity contribution in [3.8, 4) is 5.75 Å². The Morgan fingerprint density at radius 3 is 2.90 bits per heavy atom. The predicted octanol–water partition coefficient (Wildman–Crippen LogP) is 1.12. The van der Waals surface area contributed by atoms with Crippen LogP contribution in [0, 0.1) is 0 Å². The summed E-state index contributed by atoms with van der Waals surface area (Å²) in [5.74, 6) is 0.441. The Labute approximate surface area is 123 Å². The molecular formula is C14H17N3O2S. The van der Waals surface area contributed by atoms with E-state index in [1.807, 2.05) is 43.0 Å². The highest BCUT2D eigenvalue weighted by Crippen LogP contribution is 2.43. The van der Waals surface area contributed by atoms with Crippen LogP contribution in [-0.4, -0.2) is 40.7 Å². The molecule has 5 nitrogen and oxygen atoms in total. The number of ether oxygens (including phenoxy) is 1. The highest BCUT2D eigenvalue weighted by atomic mass is 32.1. The molecule has 1 unspecified atom stereocenters. The van der Waals surface area contributed by atoms with Crippen LogP contribution in [0.25, 0.3) is 0 Å². The Bertz CT molecular complexity index is 588. The van der Waals surface area contributed by atoms with E-state index in [4.69, 9.17) is 22.7 Å². The van der Waals surface area contributed by atoms with E-state index >= 15 is 0 Å². The smallest absolute Gasteiger partial charge is 0.237 e. The van der Waals surface area contributed by atoms with Gasteiger partial charge in [-0.05, 0) is 38.2 Å². The van der Waals surface area contributed by atoms with Crippen molar-refractivity contribution in [2.75, 3.05) is 18.0 Å². The molecule has 20 heavy (non-hydrogen) atoms. The average molecular weight is 291 g/mol. The van der Waals surface area contributed by atoms with Crippen molar-refractivity contribution in [1.29, 1.82) is 0 Å². The summed E-state index contributed by atoms with van der Waals surface area (Å²) in [5, 5.41) is 0.637. The molecule has 0 spiro atoms. The first-order valence-corrected chi connectivity index (χ1v) is 6.95. The first-order chi connectivity index (χ1) is 9.40. The van der Waals surface area contributed by atoms with E-state index in [0.29, 0.717) is 11.7 Å². The molecule has 0 bridgehead atoms. The number of para-hydroxylation sites is 2. The third-order valence-electron chi connectivity index (χ3n) is 3.83. The molecule has 6 heteroatoms. The summed E-state index contributed by atoms with van der Waals surface area (Å²) in [4.78, 5) is 15.1. The number of carbonyl (C=O) groups is 1. The topological polar surface area (TPSA) is 58.8 Å². The molecule has 1 saturated heterocycles. The molecule has 106 valence electrons. The maximum Gasteiger partial charge on any atom is 0.237 e. The number of amides is 1. The molecule has 2 heterocycles. The summed E-state index contributed by atoms with van der Waals surface area (Å²) in [6, 6.07) is 7.89. The number of anilines is 1. The van der Waals surface area contributed by atoms with Gasteiger partial charge in [0.1, 0.15) is 11.4 Å². The van der Waals surface area contributed by atoms with Crippen molar-refractivity contribution < 1.29 is 9.53 Å². The number of fused-ring (bicyclic) bond motifs is 3. The fourth-order valence-corrected chi connectivity index (χ4v) is 3.23. The zero-order chi connectivity index (χ0) is 14.5. The van der Waals surface area contributed by atoms with Gasteiger partial charge in [0.2, 0.25) is 5.91 Å². The van der Waals surface area contributed by atoms with Crippen LogP contribution in [0.2, 0.25) is 0 Å². The van der Waals surface area contributed by atoms with Crippen LogP contribution in [0.1, 0.15) is 13.8 Å². The second-order valence-electron chi connectivity index (χ2n) is 5.69. The van der Waals surface area contributed by atoms with Gasteiger partial charge >= 0.3 is 0 Å². The van der Waals surface area contributed by atoms with E-state index in [-0.39, 0.29) is 24.1 Å². The van der Waals surface area contributed by atoms with E-state index in [9.17, 15) is 4.79 Å². The number of thiocarbonyl (C=S) groups is 1. The van der Waals surface area contributed by atoms with Crippen LogP contribution >= 0.6 is 12.2 Å². The van der Waals surface area contributed by atoms with Gasteiger partial charge in [0.25, 0.3) is 0 Å². The number of primary amides is 1. The van der Waals surface area contributed by atoms with E-state index in [1.165, 1.54) is 0 Å². The van der Waals surface area contributed by atoms with E-state index in [1.54, 1.807) is 0 Å². The SMILES string of the molecule is CC1(C)Oc2ccccc2N2C(=S)N(CC(N)=O)CC21. The second-order valence-corrected chi connectivity index (χ2v) is 6.05. The monoisotopic (exact) mass is 291 g/mol. The van der Waals surface area contributed by atoms with Gasteiger partial charge < -0.3 is 20.3 Å². The molecule has 3 rings (SSSR count). The van der Waals surface area contributed by atoms with E-state index < -0.39 is 0 Å². The number of nitrogens with two attached hydrogens (primary N) is 1. The Hall–Kier alpha value is -1.82. The molecule has 2 N–H and O–H groups in total. The summed E-state index contributed by atoms with van der Waals surface area (Å²) >= 11 is 5.52. The molecule has 0 aromatic heterocycles. The molecule has 2 aliphatic rings. The minimum atomic E-state index is -0.384. The van der Waals surface area contributed by atoms with Crippen LogP contribution in [0.3, 0.4) is 0 Å². The molecule has 1 aromatic rings. The van der Waals surface area contributed by atoms with Crippen molar-refractivity contribution >= 4 is 28.9 Å². The molecule has 1 amide bonds. The molecule has 1 fully saturated rings. The number of nitrogens with zero attached hydrogens (tertiary/aromatic N) is 2. The standard InChI is InChI=1S/C14H17N3O2S/c1-14(2)11-7-16(8-12(15)18)13(20)17(11)9-5-3-4-6-10(9)19-14/h3-6,11H,7-8H2,1-2H3,(H2,15,18). The van der Waals surface area contributed by atoms with Crippen LogP contribution in [0.15, 0.2) is 24.3 Å². The lowest BCUT2D eigenvalue weighted by atomic mass is 9.95. The minimum absolute atomic E-state index is 0.0734.